The van der Waals surface area contributed by atoms with Gasteiger partial charge in [0.25, 0.3) is 0 Å². The Morgan fingerprint density at radius 1 is 0.630 bits per heavy atom. The quantitative estimate of drug-likeness (QED) is 0.387. The van der Waals surface area contributed by atoms with E-state index >= 15 is 0 Å². The average molecular weight is 358 g/mol. The van der Waals surface area contributed by atoms with Crippen molar-refractivity contribution in [3.63, 3.8) is 0 Å². The van der Waals surface area contributed by atoms with Gasteiger partial charge in [-0.25, -0.2) is 0 Å². The summed E-state index contributed by atoms with van der Waals surface area (Å²) in [5.41, 5.74) is 4.02. The molecule has 2 heteroatoms. The first kappa shape index (κ1) is 18.8. The molecule has 0 saturated carbocycles. The summed E-state index contributed by atoms with van der Waals surface area (Å²) < 4.78 is 11.8. The molecule has 0 N–H and O–H groups in total. The van der Waals surface area contributed by atoms with Crippen LogP contribution in [0.25, 0.3) is 11.3 Å². The monoisotopic (exact) mass is 358 g/mol. The largest absolute Gasteiger partial charge is 0.497 e. The van der Waals surface area contributed by atoms with E-state index in [2.05, 4.69) is 69.3 Å². The molecule has 0 aliphatic carbocycles. The minimum absolute atomic E-state index is 0.329. The van der Waals surface area contributed by atoms with Crippen LogP contribution < -0.4 is 4.74 Å². The summed E-state index contributed by atoms with van der Waals surface area (Å²) in [5, 5.41) is 0. The molecule has 138 valence electrons. The van der Waals surface area contributed by atoms with Crippen LogP contribution in [0.5, 0.6) is 5.75 Å². The molecule has 0 aromatic heterocycles. The van der Waals surface area contributed by atoms with Crippen LogP contribution >= 0.6 is 0 Å². The average Bonchev–Trinajstić information content (AvgIpc) is 2.68. The summed E-state index contributed by atoms with van der Waals surface area (Å²) >= 11 is 0. The summed E-state index contributed by atoms with van der Waals surface area (Å²) in [7, 11) is 1.68. The van der Waals surface area contributed by atoms with Gasteiger partial charge in [-0.05, 0) is 56.2 Å². The first-order valence-corrected chi connectivity index (χ1v) is 9.16. The van der Waals surface area contributed by atoms with E-state index in [1.54, 1.807) is 7.11 Å². The van der Waals surface area contributed by atoms with Crippen LogP contribution in [0.3, 0.4) is 0 Å². The molecule has 0 unspecified atom stereocenters. The van der Waals surface area contributed by atoms with E-state index in [4.69, 9.17) is 9.47 Å². The molecule has 0 fully saturated rings. The lowest BCUT2D eigenvalue weighted by molar-refractivity contribution is 0.0978. The van der Waals surface area contributed by atoms with Gasteiger partial charge in [0.1, 0.15) is 17.1 Å². The van der Waals surface area contributed by atoms with Crippen molar-refractivity contribution in [2.45, 2.75) is 26.4 Å². The van der Waals surface area contributed by atoms with Crippen LogP contribution in [0.2, 0.25) is 0 Å². The topological polar surface area (TPSA) is 18.5 Å². The molecule has 0 atom stereocenters. The second-order valence-corrected chi connectivity index (χ2v) is 7.38. The molecule has 0 spiro atoms. The highest BCUT2D eigenvalue weighted by atomic mass is 16.5. The van der Waals surface area contributed by atoms with Crippen molar-refractivity contribution in [1.29, 1.82) is 0 Å². The summed E-state index contributed by atoms with van der Waals surface area (Å²) in [5.74, 6) is 1.69. The molecule has 0 aliphatic rings. The third kappa shape index (κ3) is 4.79. The molecule has 0 heterocycles. The van der Waals surface area contributed by atoms with Crippen molar-refractivity contribution in [3.05, 3.63) is 102 Å². The maximum atomic E-state index is 6.51. The Bertz CT molecular complexity index is 845. The summed E-state index contributed by atoms with van der Waals surface area (Å²) in [6, 6.07) is 28.8. The van der Waals surface area contributed by atoms with Gasteiger partial charge in [-0.3, -0.25) is 0 Å². The fourth-order valence-corrected chi connectivity index (χ4v) is 2.94. The van der Waals surface area contributed by atoms with Crippen molar-refractivity contribution in [3.8, 4) is 5.75 Å². The predicted molar refractivity (Wildman–Crippen MR) is 113 cm³/mol. The van der Waals surface area contributed by atoms with Gasteiger partial charge in [0.15, 0.2) is 0 Å². The molecule has 3 aromatic rings. The molecular formula is C25H26O2. The lowest BCUT2D eigenvalue weighted by Gasteiger charge is -2.27. The van der Waals surface area contributed by atoms with Crippen molar-refractivity contribution in [1.82, 2.24) is 0 Å². The van der Waals surface area contributed by atoms with E-state index in [0.29, 0.717) is 0 Å². The molecule has 3 rings (SSSR count). The Hall–Kier alpha value is -3.00. The zero-order valence-corrected chi connectivity index (χ0v) is 16.4. The van der Waals surface area contributed by atoms with Gasteiger partial charge in [0.2, 0.25) is 0 Å². The highest BCUT2D eigenvalue weighted by Gasteiger charge is 2.21. The molecule has 0 aliphatic heterocycles. The Labute approximate surface area is 162 Å². The molecule has 2 nitrogen and oxygen atoms in total. The number of methoxy groups -OCH3 is 1. The van der Waals surface area contributed by atoms with Crippen molar-refractivity contribution in [2.24, 2.45) is 0 Å². The van der Waals surface area contributed by atoms with Crippen LogP contribution in [-0.2, 0) is 4.74 Å². The van der Waals surface area contributed by atoms with Gasteiger partial charge in [-0.1, -0.05) is 60.7 Å². The summed E-state index contributed by atoms with van der Waals surface area (Å²) in [6.45, 7) is 6.22. The Balaban J connectivity index is 2.28. The molecule has 0 radical (unpaired) electrons. The molecular weight excluding hydrogens is 332 g/mol. The molecule has 0 saturated heterocycles. The number of rotatable bonds is 5. The van der Waals surface area contributed by atoms with E-state index in [1.807, 2.05) is 36.4 Å². The van der Waals surface area contributed by atoms with Crippen LogP contribution in [0, 0.1) is 0 Å². The van der Waals surface area contributed by atoms with Gasteiger partial charge >= 0.3 is 0 Å². The Morgan fingerprint density at radius 3 is 1.52 bits per heavy atom. The maximum Gasteiger partial charge on any atom is 0.135 e. The van der Waals surface area contributed by atoms with Gasteiger partial charge in [0, 0.05) is 11.1 Å². The van der Waals surface area contributed by atoms with Crippen molar-refractivity contribution >= 4 is 11.3 Å². The zero-order chi connectivity index (χ0) is 19.3. The second kappa shape index (κ2) is 8.13. The van der Waals surface area contributed by atoms with E-state index < -0.39 is 0 Å². The fraction of sp³-hybridized carbons (Fsp3) is 0.200. The zero-order valence-electron chi connectivity index (χ0n) is 16.4. The number of hydrogen-bond acceptors (Lipinski definition) is 2. The van der Waals surface area contributed by atoms with Gasteiger partial charge < -0.3 is 9.47 Å². The molecule has 27 heavy (non-hydrogen) atoms. The van der Waals surface area contributed by atoms with Crippen LogP contribution in [0.15, 0.2) is 84.9 Å². The SMILES string of the molecule is COc1ccc(C(OC(C)(C)C)=C(c2ccccc2)c2ccccc2)cc1. The Kier molecular flexibility index (Phi) is 5.66. The predicted octanol–water partition coefficient (Wildman–Crippen LogP) is 6.43. The maximum absolute atomic E-state index is 6.51. The number of hydrogen-bond donors (Lipinski definition) is 0. The third-order valence-electron chi connectivity index (χ3n) is 4.11. The van der Waals surface area contributed by atoms with E-state index in [0.717, 1.165) is 33.8 Å². The number of benzene rings is 3. The highest BCUT2D eigenvalue weighted by Crippen LogP contribution is 2.36. The second-order valence-electron chi connectivity index (χ2n) is 7.38. The van der Waals surface area contributed by atoms with E-state index in [9.17, 15) is 0 Å². The fourth-order valence-electron chi connectivity index (χ4n) is 2.94. The van der Waals surface area contributed by atoms with Crippen molar-refractivity contribution in [2.75, 3.05) is 7.11 Å². The standard InChI is InChI=1S/C25H26O2/c1-25(2,3)27-24(21-15-17-22(26-4)18-16-21)23(19-11-7-5-8-12-19)20-13-9-6-10-14-20/h5-18H,1-4H3. The van der Waals surface area contributed by atoms with Crippen molar-refractivity contribution < 1.29 is 9.47 Å². The third-order valence-corrected chi connectivity index (χ3v) is 4.11. The molecule has 0 amide bonds. The number of ether oxygens (including phenoxy) is 2. The first-order valence-electron chi connectivity index (χ1n) is 9.16. The van der Waals surface area contributed by atoms with Crippen LogP contribution in [0.4, 0.5) is 0 Å². The summed E-state index contributed by atoms with van der Waals surface area (Å²) in [4.78, 5) is 0. The first-order chi connectivity index (χ1) is 13.0. The van der Waals surface area contributed by atoms with Crippen LogP contribution in [0.1, 0.15) is 37.5 Å². The highest BCUT2D eigenvalue weighted by molar-refractivity contribution is 5.96. The van der Waals surface area contributed by atoms with E-state index in [1.165, 1.54) is 0 Å². The smallest absolute Gasteiger partial charge is 0.135 e. The van der Waals surface area contributed by atoms with Crippen LogP contribution in [-0.4, -0.2) is 12.7 Å². The minimum Gasteiger partial charge on any atom is -0.497 e. The molecule has 0 bridgehead atoms. The van der Waals surface area contributed by atoms with Gasteiger partial charge in [-0.2, -0.15) is 0 Å². The summed E-state index contributed by atoms with van der Waals surface area (Å²) in [6.07, 6.45) is 0. The van der Waals surface area contributed by atoms with Gasteiger partial charge in [-0.15, -0.1) is 0 Å². The lowest BCUT2D eigenvalue weighted by Crippen LogP contribution is -2.19. The Morgan fingerprint density at radius 2 is 1.11 bits per heavy atom. The molecule has 3 aromatic carbocycles. The lowest BCUT2D eigenvalue weighted by atomic mass is 9.94. The minimum atomic E-state index is -0.329. The normalized spacial score (nSPS) is 11.0. The van der Waals surface area contributed by atoms with Gasteiger partial charge in [0.05, 0.1) is 7.11 Å². The van der Waals surface area contributed by atoms with E-state index in [-0.39, 0.29) is 5.60 Å².